The smallest absolute Gasteiger partial charge is 0.267 e. The first-order valence-corrected chi connectivity index (χ1v) is 8.58. The predicted octanol–water partition coefficient (Wildman–Crippen LogP) is 2.09. The predicted molar refractivity (Wildman–Crippen MR) is 95.4 cm³/mol. The fourth-order valence-electron chi connectivity index (χ4n) is 3.41. The van der Waals surface area contributed by atoms with Crippen molar-refractivity contribution in [2.24, 2.45) is 0 Å². The van der Waals surface area contributed by atoms with E-state index in [9.17, 15) is 9.59 Å². The number of nitrogens with zero attached hydrogens (tertiary/aromatic N) is 2. The fraction of sp³-hybridized carbons (Fsp3) is 0.316. The van der Waals surface area contributed by atoms with Crippen molar-refractivity contribution in [3.05, 3.63) is 63.7 Å². The van der Waals surface area contributed by atoms with Gasteiger partial charge in [0.25, 0.3) is 5.56 Å². The molecule has 25 heavy (non-hydrogen) atoms. The van der Waals surface area contributed by atoms with E-state index in [1.807, 2.05) is 30.5 Å². The second-order valence-electron chi connectivity index (χ2n) is 6.51. The van der Waals surface area contributed by atoms with Crippen molar-refractivity contribution in [1.29, 1.82) is 0 Å². The number of nitrogens with one attached hydrogen (secondary N) is 2. The van der Waals surface area contributed by atoms with Crippen LogP contribution in [0.4, 0.5) is 0 Å². The first kappa shape index (κ1) is 15.6. The van der Waals surface area contributed by atoms with Gasteiger partial charge in [-0.3, -0.25) is 9.59 Å². The van der Waals surface area contributed by atoms with Crippen LogP contribution in [0.25, 0.3) is 10.9 Å². The number of aromatic amines is 1. The van der Waals surface area contributed by atoms with Gasteiger partial charge in [-0.05, 0) is 43.4 Å². The summed E-state index contributed by atoms with van der Waals surface area (Å²) in [5.41, 5.74) is 3.81. The highest BCUT2D eigenvalue weighted by molar-refractivity contribution is 5.84. The van der Waals surface area contributed by atoms with E-state index in [0.717, 1.165) is 47.0 Å². The summed E-state index contributed by atoms with van der Waals surface area (Å²) in [6.45, 7) is 2.12. The van der Waals surface area contributed by atoms with E-state index < -0.39 is 6.04 Å². The SMILES string of the molecule is CC(C(=O)NCc1c[nH]c2ccccc12)n1nc2c(cc1=O)CCC2. The van der Waals surface area contributed by atoms with Crippen LogP contribution in [0.1, 0.15) is 36.2 Å². The molecule has 2 N–H and O–H groups in total. The average Bonchev–Trinajstić information content (AvgIpc) is 3.24. The summed E-state index contributed by atoms with van der Waals surface area (Å²) < 4.78 is 1.30. The number of amides is 1. The van der Waals surface area contributed by atoms with Gasteiger partial charge < -0.3 is 10.3 Å². The molecular formula is C19H20N4O2. The third-order valence-corrected chi connectivity index (χ3v) is 4.86. The Labute approximate surface area is 144 Å². The number of hydrogen-bond acceptors (Lipinski definition) is 3. The van der Waals surface area contributed by atoms with Crippen molar-refractivity contribution in [1.82, 2.24) is 20.1 Å². The summed E-state index contributed by atoms with van der Waals surface area (Å²) in [5, 5.41) is 8.40. The molecule has 6 heteroatoms. The summed E-state index contributed by atoms with van der Waals surface area (Å²) in [6, 6.07) is 8.94. The topological polar surface area (TPSA) is 79.8 Å². The molecule has 0 fully saturated rings. The Morgan fingerprint density at radius 3 is 3.08 bits per heavy atom. The monoisotopic (exact) mass is 336 g/mol. The third-order valence-electron chi connectivity index (χ3n) is 4.86. The lowest BCUT2D eigenvalue weighted by Gasteiger charge is -2.15. The Morgan fingerprint density at radius 1 is 1.36 bits per heavy atom. The maximum atomic E-state index is 12.5. The normalized spacial score (nSPS) is 14.4. The maximum Gasteiger partial charge on any atom is 0.267 e. The molecule has 0 saturated heterocycles. The van der Waals surface area contributed by atoms with E-state index in [2.05, 4.69) is 15.4 Å². The molecular weight excluding hydrogens is 316 g/mol. The molecule has 1 aromatic carbocycles. The molecule has 1 amide bonds. The quantitative estimate of drug-likeness (QED) is 0.765. The molecule has 3 aromatic rings. The third kappa shape index (κ3) is 2.84. The van der Waals surface area contributed by atoms with Gasteiger partial charge in [-0.2, -0.15) is 5.10 Å². The van der Waals surface area contributed by atoms with Gasteiger partial charge in [0.1, 0.15) is 6.04 Å². The first-order chi connectivity index (χ1) is 12.1. The van der Waals surface area contributed by atoms with E-state index in [1.54, 1.807) is 13.0 Å². The molecule has 1 aliphatic carbocycles. The van der Waals surface area contributed by atoms with Crippen molar-refractivity contribution in [3.8, 4) is 0 Å². The molecule has 0 aliphatic heterocycles. The van der Waals surface area contributed by atoms with Crippen LogP contribution in [0, 0.1) is 0 Å². The standard InChI is InChI=1S/C19H20N4O2/c1-12(23-18(24)9-13-5-4-8-16(13)22-23)19(25)21-11-14-10-20-17-7-3-2-6-15(14)17/h2-3,6-7,9-10,12,20H,4-5,8,11H2,1H3,(H,21,25). The van der Waals surface area contributed by atoms with Crippen molar-refractivity contribution < 1.29 is 4.79 Å². The first-order valence-electron chi connectivity index (χ1n) is 8.58. The maximum absolute atomic E-state index is 12.5. The number of fused-ring (bicyclic) bond motifs is 2. The minimum atomic E-state index is -0.636. The molecule has 2 heterocycles. The zero-order valence-corrected chi connectivity index (χ0v) is 14.1. The van der Waals surface area contributed by atoms with Gasteiger partial charge in [-0.1, -0.05) is 18.2 Å². The highest BCUT2D eigenvalue weighted by Gasteiger charge is 2.21. The number of aromatic nitrogens is 3. The molecule has 2 aromatic heterocycles. The van der Waals surface area contributed by atoms with Crippen LogP contribution >= 0.6 is 0 Å². The van der Waals surface area contributed by atoms with Crippen LogP contribution in [0.2, 0.25) is 0 Å². The summed E-state index contributed by atoms with van der Waals surface area (Å²) in [4.78, 5) is 27.9. The number of carbonyl (C=O) groups excluding carboxylic acids is 1. The van der Waals surface area contributed by atoms with Crippen LogP contribution in [0.5, 0.6) is 0 Å². The Hall–Kier alpha value is -2.89. The molecule has 0 radical (unpaired) electrons. The van der Waals surface area contributed by atoms with Crippen LogP contribution in [0.3, 0.4) is 0 Å². The van der Waals surface area contributed by atoms with E-state index in [1.165, 1.54) is 4.68 Å². The number of carbonyl (C=O) groups is 1. The zero-order chi connectivity index (χ0) is 17.4. The molecule has 0 saturated carbocycles. The number of para-hydroxylation sites is 1. The second kappa shape index (κ2) is 6.20. The molecule has 0 spiro atoms. The van der Waals surface area contributed by atoms with Gasteiger partial charge in [-0.25, -0.2) is 4.68 Å². The van der Waals surface area contributed by atoms with E-state index in [-0.39, 0.29) is 11.5 Å². The number of benzene rings is 1. The summed E-state index contributed by atoms with van der Waals surface area (Å²) >= 11 is 0. The van der Waals surface area contributed by atoms with Gasteiger partial charge in [0, 0.05) is 29.7 Å². The lowest BCUT2D eigenvalue weighted by atomic mass is 10.2. The molecule has 128 valence electrons. The average molecular weight is 336 g/mol. The lowest BCUT2D eigenvalue weighted by Crippen LogP contribution is -2.37. The molecule has 1 atom stereocenters. The Balaban J connectivity index is 1.50. The highest BCUT2D eigenvalue weighted by Crippen LogP contribution is 2.19. The Kier molecular flexibility index (Phi) is 3.87. The van der Waals surface area contributed by atoms with Crippen LogP contribution < -0.4 is 10.9 Å². The molecule has 0 bridgehead atoms. The van der Waals surface area contributed by atoms with Crippen molar-refractivity contribution >= 4 is 16.8 Å². The van der Waals surface area contributed by atoms with Crippen LogP contribution in [0.15, 0.2) is 41.3 Å². The van der Waals surface area contributed by atoms with Crippen molar-refractivity contribution in [2.75, 3.05) is 0 Å². The van der Waals surface area contributed by atoms with Gasteiger partial charge >= 0.3 is 0 Å². The minimum absolute atomic E-state index is 0.210. The zero-order valence-electron chi connectivity index (χ0n) is 14.1. The fourth-order valence-corrected chi connectivity index (χ4v) is 3.41. The molecule has 1 unspecified atom stereocenters. The van der Waals surface area contributed by atoms with Gasteiger partial charge in [0.05, 0.1) is 5.69 Å². The van der Waals surface area contributed by atoms with Crippen molar-refractivity contribution in [3.63, 3.8) is 0 Å². The molecule has 4 rings (SSSR count). The Morgan fingerprint density at radius 2 is 2.20 bits per heavy atom. The summed E-state index contributed by atoms with van der Waals surface area (Å²) in [7, 11) is 0. The minimum Gasteiger partial charge on any atom is -0.361 e. The summed E-state index contributed by atoms with van der Waals surface area (Å²) in [6.07, 6.45) is 4.70. The largest absolute Gasteiger partial charge is 0.361 e. The van der Waals surface area contributed by atoms with Gasteiger partial charge in [0.15, 0.2) is 0 Å². The van der Waals surface area contributed by atoms with E-state index in [0.29, 0.717) is 6.54 Å². The van der Waals surface area contributed by atoms with E-state index >= 15 is 0 Å². The number of aryl methyl sites for hydroxylation is 2. The highest BCUT2D eigenvalue weighted by atomic mass is 16.2. The number of hydrogen-bond donors (Lipinski definition) is 2. The molecule has 1 aliphatic rings. The van der Waals surface area contributed by atoms with Crippen LogP contribution in [-0.4, -0.2) is 20.7 Å². The number of rotatable bonds is 4. The van der Waals surface area contributed by atoms with Crippen molar-refractivity contribution in [2.45, 2.75) is 38.8 Å². The van der Waals surface area contributed by atoms with Crippen LogP contribution in [-0.2, 0) is 24.2 Å². The van der Waals surface area contributed by atoms with Gasteiger partial charge in [0.2, 0.25) is 5.91 Å². The molecule has 6 nitrogen and oxygen atoms in total. The second-order valence-corrected chi connectivity index (χ2v) is 6.51. The van der Waals surface area contributed by atoms with E-state index in [4.69, 9.17) is 0 Å². The van der Waals surface area contributed by atoms with Gasteiger partial charge in [-0.15, -0.1) is 0 Å². The lowest BCUT2D eigenvalue weighted by molar-refractivity contribution is -0.124. The summed E-state index contributed by atoms with van der Waals surface area (Å²) in [5.74, 6) is -0.210. The number of H-pyrrole nitrogens is 1. The Bertz CT molecular complexity index is 1000.